The Morgan fingerprint density at radius 1 is 1.15 bits per heavy atom. The van der Waals surface area contributed by atoms with Crippen LogP contribution in [0.5, 0.6) is 0 Å². The van der Waals surface area contributed by atoms with Gasteiger partial charge in [-0.3, -0.25) is 9.59 Å². The second-order valence-electron chi connectivity index (χ2n) is 5.31. The summed E-state index contributed by atoms with van der Waals surface area (Å²) < 4.78 is 0. The van der Waals surface area contributed by atoms with E-state index in [-0.39, 0.29) is 24.1 Å². The number of nitrogens with zero attached hydrogens (tertiary/aromatic N) is 1. The summed E-state index contributed by atoms with van der Waals surface area (Å²) in [4.78, 5) is 23.1. The molecule has 0 unspecified atom stereocenters. The van der Waals surface area contributed by atoms with Gasteiger partial charge in [0, 0.05) is 13.0 Å². The number of carbonyl (C=O) groups is 2. The molecule has 1 fully saturated rings. The molecule has 7 heteroatoms. The minimum absolute atomic E-state index is 0.0215. The molecule has 20 heavy (non-hydrogen) atoms. The zero-order valence-electron chi connectivity index (χ0n) is 11.7. The van der Waals surface area contributed by atoms with Crippen LogP contribution in [0.4, 0.5) is 0 Å². The third-order valence-electron chi connectivity index (χ3n) is 3.88. The molecule has 0 bridgehead atoms. The van der Waals surface area contributed by atoms with Crippen LogP contribution in [0.15, 0.2) is 5.16 Å². The van der Waals surface area contributed by atoms with Crippen molar-refractivity contribution in [2.45, 2.75) is 51.4 Å². The van der Waals surface area contributed by atoms with Crippen LogP contribution in [-0.2, 0) is 9.59 Å². The summed E-state index contributed by atoms with van der Waals surface area (Å²) in [6.07, 6.45) is 5.76. The Balaban J connectivity index is 2.67. The number of carbonyl (C=O) groups excluding carboxylic acids is 2. The molecule has 114 valence electrons. The monoisotopic (exact) mass is 284 g/mol. The van der Waals surface area contributed by atoms with Crippen LogP contribution in [0, 0.1) is 5.41 Å². The summed E-state index contributed by atoms with van der Waals surface area (Å²) >= 11 is 0. The van der Waals surface area contributed by atoms with Crippen molar-refractivity contribution in [1.29, 1.82) is 0 Å². The molecule has 1 saturated carbocycles. The van der Waals surface area contributed by atoms with Crippen molar-refractivity contribution >= 4 is 17.6 Å². The summed E-state index contributed by atoms with van der Waals surface area (Å²) in [6, 6.07) is 0. The SMILES string of the molecule is NC(=O)CCCNC(=O)C1(C(N)=NO)CCCCCC1. The van der Waals surface area contributed by atoms with Gasteiger partial charge in [0.05, 0.1) is 0 Å². The molecule has 0 aromatic rings. The van der Waals surface area contributed by atoms with Crippen molar-refractivity contribution < 1.29 is 14.8 Å². The Morgan fingerprint density at radius 2 is 1.75 bits per heavy atom. The van der Waals surface area contributed by atoms with Crippen LogP contribution in [0.3, 0.4) is 0 Å². The van der Waals surface area contributed by atoms with Gasteiger partial charge in [-0.25, -0.2) is 0 Å². The molecular weight excluding hydrogens is 260 g/mol. The van der Waals surface area contributed by atoms with E-state index in [4.69, 9.17) is 16.7 Å². The molecule has 1 aliphatic rings. The topological polar surface area (TPSA) is 131 Å². The number of amidine groups is 1. The third kappa shape index (κ3) is 4.11. The highest BCUT2D eigenvalue weighted by Gasteiger charge is 2.42. The minimum Gasteiger partial charge on any atom is -0.409 e. The van der Waals surface area contributed by atoms with Crippen LogP contribution in [0.25, 0.3) is 0 Å². The number of nitrogens with one attached hydrogen (secondary N) is 1. The molecule has 1 aliphatic carbocycles. The number of nitrogens with two attached hydrogens (primary N) is 2. The van der Waals surface area contributed by atoms with Gasteiger partial charge in [0.1, 0.15) is 5.41 Å². The lowest BCUT2D eigenvalue weighted by Gasteiger charge is -2.29. The zero-order chi connectivity index (χ0) is 15.0. The summed E-state index contributed by atoms with van der Waals surface area (Å²) in [7, 11) is 0. The van der Waals surface area contributed by atoms with E-state index in [9.17, 15) is 9.59 Å². The predicted octanol–water partition coefficient (Wildman–Crippen LogP) is 0.455. The van der Waals surface area contributed by atoms with E-state index in [0.29, 0.717) is 25.8 Å². The van der Waals surface area contributed by atoms with E-state index in [2.05, 4.69) is 10.5 Å². The molecule has 1 rings (SSSR count). The maximum absolute atomic E-state index is 12.4. The summed E-state index contributed by atoms with van der Waals surface area (Å²) in [5, 5.41) is 14.8. The fourth-order valence-corrected chi connectivity index (χ4v) is 2.66. The van der Waals surface area contributed by atoms with E-state index in [1.165, 1.54) is 0 Å². The molecule has 0 atom stereocenters. The van der Waals surface area contributed by atoms with Crippen molar-refractivity contribution in [3.8, 4) is 0 Å². The van der Waals surface area contributed by atoms with Crippen LogP contribution in [-0.4, -0.2) is 29.4 Å². The Bertz CT molecular complexity index is 374. The first-order valence-corrected chi connectivity index (χ1v) is 7.07. The number of amides is 2. The van der Waals surface area contributed by atoms with E-state index < -0.39 is 5.41 Å². The van der Waals surface area contributed by atoms with Gasteiger partial charge in [0.2, 0.25) is 11.8 Å². The Kier molecular flexibility index (Phi) is 6.27. The molecule has 2 amide bonds. The highest BCUT2D eigenvalue weighted by atomic mass is 16.4. The standard InChI is InChI=1S/C13H24N4O3/c14-10(18)6-5-9-16-12(19)13(11(15)17-20)7-3-1-2-4-8-13/h20H,1-9H2,(H2,14,18)(H2,15,17)(H,16,19). The Morgan fingerprint density at radius 3 is 2.25 bits per heavy atom. The van der Waals surface area contributed by atoms with Gasteiger partial charge < -0.3 is 22.0 Å². The van der Waals surface area contributed by atoms with Gasteiger partial charge in [-0.05, 0) is 19.3 Å². The first kappa shape index (κ1) is 16.3. The first-order chi connectivity index (χ1) is 9.53. The van der Waals surface area contributed by atoms with Gasteiger partial charge >= 0.3 is 0 Å². The van der Waals surface area contributed by atoms with Crippen LogP contribution >= 0.6 is 0 Å². The molecule has 0 saturated heterocycles. The second-order valence-corrected chi connectivity index (χ2v) is 5.31. The number of primary amides is 1. The number of hydrogen-bond acceptors (Lipinski definition) is 4. The number of oxime groups is 1. The molecular formula is C13H24N4O3. The third-order valence-corrected chi connectivity index (χ3v) is 3.88. The molecule has 0 spiro atoms. The van der Waals surface area contributed by atoms with Gasteiger partial charge in [-0.15, -0.1) is 0 Å². The van der Waals surface area contributed by atoms with Crippen molar-refractivity contribution in [2.24, 2.45) is 22.0 Å². The van der Waals surface area contributed by atoms with Gasteiger partial charge in [-0.1, -0.05) is 30.8 Å². The lowest BCUT2D eigenvalue weighted by atomic mass is 9.78. The molecule has 6 N–H and O–H groups in total. The highest BCUT2D eigenvalue weighted by Crippen LogP contribution is 2.35. The summed E-state index contributed by atoms with van der Waals surface area (Å²) in [5.41, 5.74) is 9.90. The summed E-state index contributed by atoms with van der Waals surface area (Å²) in [5.74, 6) is -0.633. The van der Waals surface area contributed by atoms with E-state index in [0.717, 1.165) is 25.7 Å². The highest BCUT2D eigenvalue weighted by molar-refractivity contribution is 6.06. The molecule has 0 aliphatic heterocycles. The van der Waals surface area contributed by atoms with Crippen molar-refractivity contribution in [3.63, 3.8) is 0 Å². The predicted molar refractivity (Wildman–Crippen MR) is 75.0 cm³/mol. The lowest BCUT2D eigenvalue weighted by molar-refractivity contribution is -0.128. The van der Waals surface area contributed by atoms with Gasteiger partial charge in [0.25, 0.3) is 0 Å². The van der Waals surface area contributed by atoms with Crippen molar-refractivity contribution in [3.05, 3.63) is 0 Å². The largest absolute Gasteiger partial charge is 0.409 e. The maximum Gasteiger partial charge on any atom is 0.233 e. The Hall–Kier alpha value is -1.79. The maximum atomic E-state index is 12.4. The van der Waals surface area contributed by atoms with Crippen LogP contribution < -0.4 is 16.8 Å². The average Bonchev–Trinajstić information content (AvgIpc) is 2.69. The van der Waals surface area contributed by atoms with E-state index in [1.807, 2.05) is 0 Å². The quantitative estimate of drug-likeness (QED) is 0.141. The number of rotatable bonds is 6. The molecule has 0 aromatic carbocycles. The van der Waals surface area contributed by atoms with E-state index in [1.54, 1.807) is 0 Å². The Labute approximate surface area is 118 Å². The van der Waals surface area contributed by atoms with Crippen LogP contribution in [0.1, 0.15) is 51.4 Å². The second kappa shape index (κ2) is 7.72. The molecule has 0 aromatic heterocycles. The fourth-order valence-electron chi connectivity index (χ4n) is 2.66. The smallest absolute Gasteiger partial charge is 0.233 e. The van der Waals surface area contributed by atoms with E-state index >= 15 is 0 Å². The first-order valence-electron chi connectivity index (χ1n) is 7.07. The van der Waals surface area contributed by atoms with Crippen molar-refractivity contribution in [2.75, 3.05) is 6.54 Å². The van der Waals surface area contributed by atoms with Crippen LogP contribution in [0.2, 0.25) is 0 Å². The number of hydrogen-bond donors (Lipinski definition) is 4. The molecule has 0 radical (unpaired) electrons. The summed E-state index contributed by atoms with van der Waals surface area (Å²) in [6.45, 7) is 0.363. The lowest BCUT2D eigenvalue weighted by Crippen LogP contribution is -2.50. The molecule has 0 heterocycles. The zero-order valence-corrected chi connectivity index (χ0v) is 11.7. The van der Waals surface area contributed by atoms with Gasteiger partial charge in [0.15, 0.2) is 5.84 Å². The fraction of sp³-hybridized carbons (Fsp3) is 0.769. The van der Waals surface area contributed by atoms with Gasteiger partial charge in [-0.2, -0.15) is 0 Å². The average molecular weight is 284 g/mol. The van der Waals surface area contributed by atoms with Crippen molar-refractivity contribution in [1.82, 2.24) is 5.32 Å². The molecule has 7 nitrogen and oxygen atoms in total. The minimum atomic E-state index is -0.919. The normalized spacial score (nSPS) is 19.1.